The number of carbonyl (C=O) groups excluding carboxylic acids is 1. The zero-order valence-corrected chi connectivity index (χ0v) is 13.5. The van der Waals surface area contributed by atoms with Gasteiger partial charge in [-0.05, 0) is 18.2 Å². The number of thiocarbonyl (C=S) groups is 1. The average molecular weight is 393 g/mol. The number of urea groups is 1. The molecule has 1 aromatic rings. The molecule has 2 amide bonds. The van der Waals surface area contributed by atoms with E-state index in [-0.39, 0.29) is 5.69 Å². The Balaban J connectivity index is 2.43. The highest BCUT2D eigenvalue weighted by Crippen LogP contribution is 2.36. The van der Waals surface area contributed by atoms with Gasteiger partial charge < -0.3 is 0 Å². The zero-order valence-electron chi connectivity index (χ0n) is 10.4. The molecule has 0 radical (unpaired) electrons. The summed E-state index contributed by atoms with van der Waals surface area (Å²) in [4.78, 5) is 13.2. The van der Waals surface area contributed by atoms with Crippen LogP contribution in [0.1, 0.15) is 5.56 Å². The molecule has 1 aromatic carbocycles. The molecule has 1 fully saturated rings. The number of hydrazine groups is 1. The first-order chi connectivity index (χ1) is 10.1. The molecule has 22 heavy (non-hydrogen) atoms. The Morgan fingerprint density at radius 2 is 1.91 bits per heavy atom. The maximum absolute atomic E-state index is 12.8. The van der Waals surface area contributed by atoms with Crippen LogP contribution in [0.4, 0.5) is 23.7 Å². The number of nitrogens with zero attached hydrogens (tertiary/aromatic N) is 2. The number of carbonyl (C=O) groups is 1. The maximum Gasteiger partial charge on any atom is 0.416 e. The molecular weight excluding hydrogens is 386 g/mol. The molecule has 0 saturated carbocycles. The van der Waals surface area contributed by atoms with Gasteiger partial charge in [-0.2, -0.15) is 18.6 Å². The Morgan fingerprint density at radius 3 is 2.41 bits per heavy atom. The predicted molar refractivity (Wildman–Crippen MR) is 82.0 cm³/mol. The molecule has 1 aliphatic heterocycles. The van der Waals surface area contributed by atoms with Gasteiger partial charge in [0.15, 0.2) is 0 Å². The lowest BCUT2D eigenvalue weighted by Gasteiger charge is -2.23. The number of alkyl halides is 6. The molecule has 4 nitrogen and oxygen atoms in total. The van der Waals surface area contributed by atoms with Crippen molar-refractivity contribution >= 4 is 64.1 Å². The highest BCUT2D eigenvalue weighted by molar-refractivity contribution is 7.79. The van der Waals surface area contributed by atoms with Crippen LogP contribution in [-0.4, -0.2) is 26.5 Å². The fourth-order valence-corrected chi connectivity index (χ4v) is 2.39. The minimum atomic E-state index is -4.55. The Bertz CT molecular complexity index is 608. The third-order valence-electron chi connectivity index (χ3n) is 2.77. The van der Waals surface area contributed by atoms with Crippen LogP contribution in [0.2, 0.25) is 0 Å². The molecule has 1 N–H and O–H groups in total. The maximum atomic E-state index is 12.8. The van der Waals surface area contributed by atoms with Crippen LogP contribution < -0.4 is 10.3 Å². The van der Waals surface area contributed by atoms with E-state index < -0.39 is 27.9 Å². The monoisotopic (exact) mass is 391 g/mol. The van der Waals surface area contributed by atoms with E-state index in [1.54, 1.807) is 0 Å². The third kappa shape index (κ3) is 3.41. The molecule has 2 rings (SSSR count). The van der Waals surface area contributed by atoms with Crippen molar-refractivity contribution in [3.8, 4) is 0 Å². The summed E-state index contributed by atoms with van der Waals surface area (Å²) in [7, 11) is 0. The van der Waals surface area contributed by atoms with Gasteiger partial charge in [0.2, 0.25) is 0 Å². The Kier molecular flexibility index (Phi) is 4.79. The van der Waals surface area contributed by atoms with Gasteiger partial charge in [0.25, 0.3) is 3.92 Å². The van der Waals surface area contributed by atoms with E-state index in [0.29, 0.717) is 5.01 Å². The summed E-state index contributed by atoms with van der Waals surface area (Å²) in [6.07, 6.45) is -5.48. The van der Waals surface area contributed by atoms with Crippen LogP contribution in [0.5, 0.6) is 0 Å². The van der Waals surface area contributed by atoms with E-state index in [4.69, 9.17) is 47.0 Å². The number of nitrogens with one attached hydrogen (secondary N) is 1. The van der Waals surface area contributed by atoms with Gasteiger partial charge in [0.05, 0.1) is 5.56 Å². The largest absolute Gasteiger partial charge is 0.416 e. The average Bonchev–Trinajstić information content (AvgIpc) is 2.74. The molecule has 1 heterocycles. The van der Waals surface area contributed by atoms with Crippen LogP contribution in [0, 0.1) is 0 Å². The first kappa shape index (κ1) is 17.6. The van der Waals surface area contributed by atoms with Crippen LogP contribution in [0.3, 0.4) is 0 Å². The molecule has 1 atom stereocenters. The summed E-state index contributed by atoms with van der Waals surface area (Å²) >= 11 is 21.7. The Hall–Kier alpha value is -0.800. The van der Waals surface area contributed by atoms with Crippen molar-refractivity contribution in [1.29, 1.82) is 0 Å². The van der Waals surface area contributed by atoms with E-state index in [1.807, 2.05) is 0 Å². The number of benzene rings is 1. The molecule has 1 unspecified atom stereocenters. The van der Waals surface area contributed by atoms with Gasteiger partial charge in [0, 0.05) is 11.1 Å². The fraction of sp³-hybridized carbons (Fsp3) is 0.273. The molecule has 120 valence electrons. The van der Waals surface area contributed by atoms with Gasteiger partial charge >= 0.3 is 12.2 Å². The van der Waals surface area contributed by atoms with Crippen molar-refractivity contribution in [2.75, 3.05) is 4.90 Å². The number of anilines is 1. The van der Waals surface area contributed by atoms with Gasteiger partial charge in [-0.3, -0.25) is 4.90 Å². The summed E-state index contributed by atoms with van der Waals surface area (Å²) in [6.45, 7) is 0. The SMILES string of the molecule is O=C1N(c2cccc(C(F)(F)F)c2)C(C=S)NN1C(Cl)(Cl)Cl. The second-order valence-electron chi connectivity index (χ2n) is 4.21. The second-order valence-corrected chi connectivity index (χ2v) is 6.71. The van der Waals surface area contributed by atoms with Gasteiger partial charge in [-0.1, -0.05) is 53.1 Å². The normalized spacial score (nSPS) is 19.7. The van der Waals surface area contributed by atoms with Crippen LogP contribution in [-0.2, 0) is 6.18 Å². The van der Waals surface area contributed by atoms with E-state index in [9.17, 15) is 18.0 Å². The van der Waals surface area contributed by atoms with Crippen molar-refractivity contribution in [3.05, 3.63) is 29.8 Å². The van der Waals surface area contributed by atoms with E-state index in [0.717, 1.165) is 22.4 Å². The smallest absolute Gasteiger partial charge is 0.271 e. The molecule has 1 saturated heterocycles. The van der Waals surface area contributed by atoms with Crippen molar-refractivity contribution < 1.29 is 18.0 Å². The molecule has 1 aliphatic rings. The van der Waals surface area contributed by atoms with Crippen LogP contribution >= 0.6 is 47.0 Å². The highest BCUT2D eigenvalue weighted by atomic mass is 35.6. The van der Waals surface area contributed by atoms with Crippen molar-refractivity contribution in [1.82, 2.24) is 10.4 Å². The predicted octanol–water partition coefficient (Wildman–Crippen LogP) is 4.11. The zero-order chi connectivity index (χ0) is 16.7. The first-order valence-electron chi connectivity index (χ1n) is 5.64. The van der Waals surface area contributed by atoms with Gasteiger partial charge in [0.1, 0.15) is 6.17 Å². The highest BCUT2D eigenvalue weighted by Gasteiger charge is 2.46. The molecular formula is C11H7Cl3F3N3OS. The summed E-state index contributed by atoms with van der Waals surface area (Å²) in [5.41, 5.74) is 1.57. The standard InChI is InChI=1S/C11H7Cl3F3N3OS/c12-11(13,14)20-9(21)19(8(5-22)18-20)7-3-1-2-6(4-7)10(15,16)17/h1-5,8,18H. The van der Waals surface area contributed by atoms with E-state index >= 15 is 0 Å². The van der Waals surface area contributed by atoms with Gasteiger partial charge in [-0.15, -0.1) is 0 Å². The Labute approximate surface area is 143 Å². The van der Waals surface area contributed by atoms with Gasteiger partial charge in [-0.25, -0.2) is 9.80 Å². The Morgan fingerprint density at radius 1 is 1.27 bits per heavy atom. The summed E-state index contributed by atoms with van der Waals surface area (Å²) in [5, 5.41) is 1.79. The molecule has 0 aliphatic carbocycles. The van der Waals surface area contributed by atoms with Crippen LogP contribution in [0.25, 0.3) is 0 Å². The molecule has 0 aromatic heterocycles. The quantitative estimate of drug-likeness (QED) is 0.467. The molecule has 0 bridgehead atoms. The van der Waals surface area contributed by atoms with Crippen LogP contribution in [0.15, 0.2) is 24.3 Å². The fourth-order valence-electron chi connectivity index (χ4n) is 1.85. The van der Waals surface area contributed by atoms with E-state index in [1.165, 1.54) is 12.1 Å². The molecule has 0 spiro atoms. The third-order valence-corrected chi connectivity index (χ3v) is 3.54. The molecule has 11 heteroatoms. The number of amides is 2. The van der Waals surface area contributed by atoms with Crippen molar-refractivity contribution in [3.63, 3.8) is 0 Å². The summed E-state index contributed by atoms with van der Waals surface area (Å²) in [6, 6.07) is 3.35. The lowest BCUT2D eigenvalue weighted by molar-refractivity contribution is -0.137. The summed E-state index contributed by atoms with van der Waals surface area (Å²) < 4.78 is 36.2. The minimum Gasteiger partial charge on any atom is -0.271 e. The van der Waals surface area contributed by atoms with E-state index in [2.05, 4.69) is 5.43 Å². The number of rotatable bonds is 2. The minimum absolute atomic E-state index is 0.0322. The number of hydrogen-bond acceptors (Lipinski definition) is 3. The number of hydrogen-bond donors (Lipinski definition) is 1. The topological polar surface area (TPSA) is 35.6 Å². The first-order valence-corrected chi connectivity index (χ1v) is 7.25. The number of halogens is 6. The summed E-state index contributed by atoms with van der Waals surface area (Å²) in [5.74, 6) is 0. The van der Waals surface area contributed by atoms with Crippen molar-refractivity contribution in [2.45, 2.75) is 16.3 Å². The lowest BCUT2D eigenvalue weighted by atomic mass is 10.2. The lowest BCUT2D eigenvalue weighted by Crippen LogP contribution is -2.45. The second kappa shape index (κ2) is 6.01. The van der Waals surface area contributed by atoms with Crippen molar-refractivity contribution in [2.24, 2.45) is 0 Å².